The van der Waals surface area contributed by atoms with Gasteiger partial charge < -0.3 is 4.90 Å². The minimum atomic E-state index is -0.967. The van der Waals surface area contributed by atoms with Crippen LogP contribution in [0.15, 0.2) is 42.5 Å². The summed E-state index contributed by atoms with van der Waals surface area (Å²) in [4.78, 5) is 13.7. The minimum Gasteiger partial charge on any atom is -0.312 e. The molecule has 0 aromatic heterocycles. The first-order valence-electron chi connectivity index (χ1n) is 6.51. The van der Waals surface area contributed by atoms with Gasteiger partial charge >= 0.3 is 0 Å². The standard InChI is InChI=1S/C16H14ClF2NO/c1-2-20(13-7-8-14(18)15(19)10-13)16(21)9-11-3-5-12(17)6-4-11/h3-8,10H,2,9H2,1H3. The topological polar surface area (TPSA) is 20.3 Å². The van der Waals surface area contributed by atoms with E-state index in [2.05, 4.69) is 0 Å². The van der Waals surface area contributed by atoms with Gasteiger partial charge in [-0.15, -0.1) is 0 Å². The number of benzene rings is 2. The summed E-state index contributed by atoms with van der Waals surface area (Å²) < 4.78 is 26.2. The predicted octanol–water partition coefficient (Wildman–Crippen LogP) is 4.21. The predicted molar refractivity (Wildman–Crippen MR) is 79.5 cm³/mol. The molecule has 1 amide bonds. The fourth-order valence-electron chi connectivity index (χ4n) is 2.03. The summed E-state index contributed by atoms with van der Waals surface area (Å²) in [5.74, 6) is -2.09. The van der Waals surface area contributed by atoms with E-state index in [1.54, 1.807) is 31.2 Å². The lowest BCUT2D eigenvalue weighted by Gasteiger charge is -2.21. The third kappa shape index (κ3) is 3.79. The van der Waals surface area contributed by atoms with Gasteiger partial charge in [0.1, 0.15) is 0 Å². The maximum atomic E-state index is 13.3. The summed E-state index contributed by atoms with van der Waals surface area (Å²) in [5, 5.41) is 0.596. The summed E-state index contributed by atoms with van der Waals surface area (Å²) in [6, 6.07) is 10.4. The molecule has 2 rings (SSSR count). The molecular formula is C16H14ClF2NO. The molecule has 5 heteroatoms. The second-order valence-corrected chi connectivity index (χ2v) is 4.98. The highest BCUT2D eigenvalue weighted by Crippen LogP contribution is 2.19. The Kier molecular flexibility index (Phi) is 4.91. The number of hydrogen-bond donors (Lipinski definition) is 0. The molecule has 0 heterocycles. The smallest absolute Gasteiger partial charge is 0.231 e. The van der Waals surface area contributed by atoms with Crippen molar-refractivity contribution < 1.29 is 13.6 Å². The molecule has 0 aliphatic heterocycles. The SMILES string of the molecule is CCN(C(=O)Cc1ccc(Cl)cc1)c1ccc(F)c(F)c1. The van der Waals surface area contributed by atoms with Gasteiger partial charge in [-0.2, -0.15) is 0 Å². The van der Waals surface area contributed by atoms with Crippen LogP contribution >= 0.6 is 11.6 Å². The van der Waals surface area contributed by atoms with Gasteiger partial charge in [0.05, 0.1) is 6.42 Å². The van der Waals surface area contributed by atoms with E-state index < -0.39 is 11.6 Å². The van der Waals surface area contributed by atoms with Crippen molar-refractivity contribution in [2.75, 3.05) is 11.4 Å². The van der Waals surface area contributed by atoms with E-state index in [9.17, 15) is 13.6 Å². The first-order valence-corrected chi connectivity index (χ1v) is 6.89. The average molecular weight is 310 g/mol. The Morgan fingerprint density at radius 1 is 1.10 bits per heavy atom. The molecule has 0 fully saturated rings. The molecule has 0 unspecified atom stereocenters. The lowest BCUT2D eigenvalue weighted by Crippen LogP contribution is -2.32. The van der Waals surface area contributed by atoms with E-state index >= 15 is 0 Å². The van der Waals surface area contributed by atoms with Crippen molar-refractivity contribution >= 4 is 23.2 Å². The van der Waals surface area contributed by atoms with Gasteiger partial charge in [-0.3, -0.25) is 4.79 Å². The highest BCUT2D eigenvalue weighted by molar-refractivity contribution is 6.30. The minimum absolute atomic E-state index is 0.171. The normalized spacial score (nSPS) is 10.5. The first-order chi connectivity index (χ1) is 10.0. The van der Waals surface area contributed by atoms with E-state index in [0.29, 0.717) is 17.3 Å². The van der Waals surface area contributed by atoms with Crippen molar-refractivity contribution in [3.05, 3.63) is 64.7 Å². The number of rotatable bonds is 4. The van der Waals surface area contributed by atoms with Gasteiger partial charge in [-0.1, -0.05) is 23.7 Å². The molecule has 0 saturated heterocycles. The quantitative estimate of drug-likeness (QED) is 0.828. The lowest BCUT2D eigenvalue weighted by molar-refractivity contribution is -0.117. The number of hydrogen-bond acceptors (Lipinski definition) is 1. The fraction of sp³-hybridized carbons (Fsp3) is 0.188. The van der Waals surface area contributed by atoms with Crippen LogP contribution in [-0.2, 0) is 11.2 Å². The monoisotopic (exact) mass is 309 g/mol. The third-order valence-corrected chi connectivity index (χ3v) is 3.35. The molecule has 0 radical (unpaired) electrons. The molecule has 21 heavy (non-hydrogen) atoms. The zero-order valence-corrected chi connectivity index (χ0v) is 12.2. The van der Waals surface area contributed by atoms with Crippen LogP contribution in [0.1, 0.15) is 12.5 Å². The van der Waals surface area contributed by atoms with Gasteiger partial charge in [-0.25, -0.2) is 8.78 Å². The molecule has 2 aromatic rings. The van der Waals surface area contributed by atoms with E-state index in [1.165, 1.54) is 11.0 Å². The van der Waals surface area contributed by atoms with E-state index in [4.69, 9.17) is 11.6 Å². The fourth-order valence-corrected chi connectivity index (χ4v) is 2.15. The molecule has 2 nitrogen and oxygen atoms in total. The van der Waals surface area contributed by atoms with Crippen LogP contribution in [0.2, 0.25) is 5.02 Å². The van der Waals surface area contributed by atoms with E-state index in [-0.39, 0.29) is 12.3 Å². The van der Waals surface area contributed by atoms with Crippen molar-refractivity contribution in [1.82, 2.24) is 0 Å². The zero-order chi connectivity index (χ0) is 15.4. The summed E-state index contributed by atoms with van der Waals surface area (Å²) in [6.45, 7) is 2.15. The van der Waals surface area contributed by atoms with Crippen LogP contribution < -0.4 is 4.90 Å². The summed E-state index contributed by atoms with van der Waals surface area (Å²) >= 11 is 5.79. The maximum absolute atomic E-state index is 13.3. The second-order valence-electron chi connectivity index (χ2n) is 4.54. The van der Waals surface area contributed by atoms with Gasteiger partial charge in [0.2, 0.25) is 5.91 Å². The Bertz CT molecular complexity index is 643. The molecule has 0 atom stereocenters. The van der Waals surface area contributed by atoms with Crippen molar-refractivity contribution in [3.63, 3.8) is 0 Å². The Morgan fingerprint density at radius 2 is 1.76 bits per heavy atom. The highest BCUT2D eigenvalue weighted by atomic mass is 35.5. The Morgan fingerprint density at radius 3 is 2.33 bits per heavy atom. The summed E-state index contributed by atoms with van der Waals surface area (Å²) in [5.41, 5.74) is 1.15. The Labute approximate surface area is 127 Å². The molecule has 2 aromatic carbocycles. The molecular weight excluding hydrogens is 296 g/mol. The van der Waals surface area contributed by atoms with E-state index in [1.807, 2.05) is 0 Å². The molecule has 0 spiro atoms. The van der Waals surface area contributed by atoms with Crippen LogP contribution in [0.3, 0.4) is 0 Å². The van der Waals surface area contributed by atoms with Crippen LogP contribution in [0.4, 0.5) is 14.5 Å². The number of likely N-dealkylation sites (N-methyl/N-ethyl adjacent to an activating group) is 1. The maximum Gasteiger partial charge on any atom is 0.231 e. The summed E-state index contributed by atoms with van der Waals surface area (Å²) in [7, 11) is 0. The second kappa shape index (κ2) is 6.68. The zero-order valence-electron chi connectivity index (χ0n) is 11.4. The molecule has 0 N–H and O–H groups in total. The number of carbonyl (C=O) groups is 1. The molecule has 0 saturated carbocycles. The van der Waals surface area contributed by atoms with Crippen molar-refractivity contribution in [2.45, 2.75) is 13.3 Å². The Hall–Kier alpha value is -1.94. The van der Waals surface area contributed by atoms with Crippen LogP contribution in [-0.4, -0.2) is 12.5 Å². The van der Waals surface area contributed by atoms with Gasteiger partial charge in [-0.05, 0) is 36.8 Å². The molecule has 0 aliphatic rings. The van der Waals surface area contributed by atoms with Crippen molar-refractivity contribution in [3.8, 4) is 0 Å². The number of halogens is 3. The molecule has 0 bridgehead atoms. The first kappa shape index (κ1) is 15.4. The lowest BCUT2D eigenvalue weighted by atomic mass is 10.1. The number of amides is 1. The van der Waals surface area contributed by atoms with Crippen molar-refractivity contribution in [2.24, 2.45) is 0 Å². The number of carbonyl (C=O) groups excluding carboxylic acids is 1. The highest BCUT2D eigenvalue weighted by Gasteiger charge is 2.16. The van der Waals surface area contributed by atoms with Crippen LogP contribution in [0.25, 0.3) is 0 Å². The largest absolute Gasteiger partial charge is 0.312 e. The third-order valence-electron chi connectivity index (χ3n) is 3.10. The number of anilines is 1. The number of nitrogens with zero attached hydrogens (tertiary/aromatic N) is 1. The van der Waals surface area contributed by atoms with E-state index in [0.717, 1.165) is 17.7 Å². The average Bonchev–Trinajstić information content (AvgIpc) is 2.46. The van der Waals surface area contributed by atoms with Crippen molar-refractivity contribution in [1.29, 1.82) is 0 Å². The van der Waals surface area contributed by atoms with Gasteiger partial charge in [0.15, 0.2) is 11.6 Å². The van der Waals surface area contributed by atoms with Crippen LogP contribution in [0.5, 0.6) is 0 Å². The Balaban J connectivity index is 2.18. The summed E-state index contributed by atoms with van der Waals surface area (Å²) in [6.07, 6.45) is 0.171. The molecule has 0 aliphatic carbocycles. The van der Waals surface area contributed by atoms with Crippen LogP contribution in [0, 0.1) is 11.6 Å². The molecule has 110 valence electrons. The van der Waals surface area contributed by atoms with Gasteiger partial charge in [0, 0.05) is 23.3 Å². The van der Waals surface area contributed by atoms with Gasteiger partial charge in [0.25, 0.3) is 0 Å².